The van der Waals surface area contributed by atoms with Crippen LogP contribution in [0.5, 0.6) is 23.0 Å². The van der Waals surface area contributed by atoms with Crippen molar-refractivity contribution >= 4 is 15.9 Å². The second kappa shape index (κ2) is 9.86. The molecule has 2 aromatic rings. The van der Waals surface area contributed by atoms with E-state index in [-0.39, 0.29) is 24.1 Å². The van der Waals surface area contributed by atoms with Gasteiger partial charge in [-0.2, -0.15) is 0 Å². The Bertz CT molecular complexity index is 1110. The monoisotopic (exact) mass is 477 g/mol. The van der Waals surface area contributed by atoms with Crippen LogP contribution in [-0.4, -0.2) is 77.9 Å². The Balaban J connectivity index is 1.27. The van der Waals surface area contributed by atoms with E-state index >= 15 is 0 Å². The standard InChI is InChI=1S/C22H27N3O7S/c1-29-18-6-4-17(12-20(18)30-2)33(27,28)23-13-22(26)25-9-7-24(8-10-25)14-16-3-5-19-21(11-16)32-15-31-19/h3-6,11-12,23H,7-10,13-15H2,1-2H3. The molecule has 0 spiro atoms. The smallest absolute Gasteiger partial charge is 0.241 e. The van der Waals surface area contributed by atoms with Crippen molar-refractivity contribution in [1.29, 1.82) is 0 Å². The zero-order chi connectivity index (χ0) is 23.4. The Kier molecular flexibility index (Phi) is 6.91. The van der Waals surface area contributed by atoms with Gasteiger partial charge >= 0.3 is 0 Å². The van der Waals surface area contributed by atoms with Gasteiger partial charge in [0, 0.05) is 38.8 Å². The van der Waals surface area contributed by atoms with Gasteiger partial charge in [-0.15, -0.1) is 0 Å². The van der Waals surface area contributed by atoms with Gasteiger partial charge in [-0.05, 0) is 29.8 Å². The molecule has 33 heavy (non-hydrogen) atoms. The van der Waals surface area contributed by atoms with Crippen LogP contribution in [0.3, 0.4) is 0 Å². The van der Waals surface area contributed by atoms with E-state index in [0.717, 1.165) is 23.6 Å². The molecule has 1 N–H and O–H groups in total. The minimum atomic E-state index is -3.87. The number of nitrogens with zero attached hydrogens (tertiary/aromatic N) is 2. The van der Waals surface area contributed by atoms with E-state index < -0.39 is 10.0 Å². The predicted octanol–water partition coefficient (Wildman–Crippen LogP) is 1.06. The zero-order valence-corrected chi connectivity index (χ0v) is 19.4. The van der Waals surface area contributed by atoms with Crippen LogP contribution < -0.4 is 23.7 Å². The van der Waals surface area contributed by atoms with Crippen molar-refractivity contribution in [1.82, 2.24) is 14.5 Å². The second-order valence-corrected chi connectivity index (χ2v) is 9.45. The summed E-state index contributed by atoms with van der Waals surface area (Å²) in [6.45, 7) is 3.13. The molecular weight excluding hydrogens is 450 g/mol. The van der Waals surface area contributed by atoms with Gasteiger partial charge in [0.05, 0.1) is 25.7 Å². The highest BCUT2D eigenvalue weighted by Crippen LogP contribution is 2.33. The fourth-order valence-electron chi connectivity index (χ4n) is 3.79. The number of piperazine rings is 1. The lowest BCUT2D eigenvalue weighted by Crippen LogP contribution is -2.50. The first-order chi connectivity index (χ1) is 15.9. The van der Waals surface area contributed by atoms with Crippen LogP contribution in [0.25, 0.3) is 0 Å². The summed E-state index contributed by atoms with van der Waals surface area (Å²) in [5, 5.41) is 0. The normalized spacial score (nSPS) is 16.0. The van der Waals surface area contributed by atoms with Crippen molar-refractivity contribution in [2.24, 2.45) is 0 Å². The third kappa shape index (κ3) is 5.32. The molecule has 10 nitrogen and oxygen atoms in total. The van der Waals surface area contributed by atoms with Crippen LogP contribution >= 0.6 is 0 Å². The topological polar surface area (TPSA) is 107 Å². The van der Waals surface area contributed by atoms with Gasteiger partial charge in [-0.25, -0.2) is 13.1 Å². The number of carbonyl (C=O) groups excluding carboxylic acids is 1. The average Bonchev–Trinajstić information content (AvgIpc) is 3.30. The molecule has 0 atom stereocenters. The van der Waals surface area contributed by atoms with Crippen molar-refractivity contribution < 1.29 is 32.2 Å². The van der Waals surface area contributed by atoms with Gasteiger partial charge in [0.25, 0.3) is 0 Å². The number of amides is 1. The zero-order valence-electron chi connectivity index (χ0n) is 18.6. The van der Waals surface area contributed by atoms with E-state index in [4.69, 9.17) is 18.9 Å². The third-order valence-electron chi connectivity index (χ3n) is 5.65. The van der Waals surface area contributed by atoms with Crippen LogP contribution in [0.15, 0.2) is 41.3 Å². The molecule has 2 aromatic carbocycles. The summed E-state index contributed by atoms with van der Waals surface area (Å²) in [6, 6.07) is 10.2. The molecule has 4 rings (SSSR count). The fraction of sp³-hybridized carbons (Fsp3) is 0.409. The fourth-order valence-corrected chi connectivity index (χ4v) is 4.78. The molecule has 0 unspecified atom stereocenters. The van der Waals surface area contributed by atoms with Gasteiger partial charge < -0.3 is 23.8 Å². The maximum absolute atomic E-state index is 12.6. The highest BCUT2D eigenvalue weighted by molar-refractivity contribution is 7.89. The Morgan fingerprint density at radius 3 is 2.42 bits per heavy atom. The van der Waals surface area contributed by atoms with Gasteiger partial charge in [-0.1, -0.05) is 6.07 Å². The SMILES string of the molecule is COc1ccc(S(=O)(=O)NCC(=O)N2CCN(Cc3ccc4c(c3)OCO4)CC2)cc1OC. The summed E-state index contributed by atoms with van der Waals surface area (Å²) in [5.74, 6) is 1.96. The lowest BCUT2D eigenvalue weighted by Gasteiger charge is -2.34. The van der Waals surface area contributed by atoms with Gasteiger partial charge in [0.1, 0.15) is 0 Å². The number of rotatable bonds is 8. The van der Waals surface area contributed by atoms with E-state index in [2.05, 4.69) is 9.62 Å². The number of methoxy groups -OCH3 is 2. The van der Waals surface area contributed by atoms with E-state index in [1.54, 1.807) is 4.90 Å². The summed E-state index contributed by atoms with van der Waals surface area (Å²) >= 11 is 0. The minimum absolute atomic E-state index is 0.00138. The van der Waals surface area contributed by atoms with E-state index in [9.17, 15) is 13.2 Å². The Morgan fingerprint density at radius 2 is 1.70 bits per heavy atom. The van der Waals surface area contributed by atoms with Crippen LogP contribution in [-0.2, 0) is 21.4 Å². The number of benzene rings is 2. The predicted molar refractivity (Wildman–Crippen MR) is 119 cm³/mol. The molecule has 178 valence electrons. The van der Waals surface area contributed by atoms with E-state index in [1.807, 2.05) is 18.2 Å². The molecule has 0 saturated carbocycles. The first-order valence-electron chi connectivity index (χ1n) is 10.5. The summed E-state index contributed by atoms with van der Waals surface area (Å²) in [6.07, 6.45) is 0. The summed E-state index contributed by atoms with van der Waals surface area (Å²) in [4.78, 5) is 16.5. The highest BCUT2D eigenvalue weighted by atomic mass is 32.2. The van der Waals surface area contributed by atoms with Crippen molar-refractivity contribution in [3.8, 4) is 23.0 Å². The lowest BCUT2D eigenvalue weighted by molar-refractivity contribution is -0.131. The lowest BCUT2D eigenvalue weighted by atomic mass is 10.1. The number of ether oxygens (including phenoxy) is 4. The maximum Gasteiger partial charge on any atom is 0.241 e. The molecule has 1 saturated heterocycles. The second-order valence-electron chi connectivity index (χ2n) is 7.69. The van der Waals surface area contributed by atoms with Crippen molar-refractivity contribution in [3.63, 3.8) is 0 Å². The number of carbonyl (C=O) groups is 1. The van der Waals surface area contributed by atoms with Crippen LogP contribution in [0.2, 0.25) is 0 Å². The van der Waals surface area contributed by atoms with Crippen molar-refractivity contribution in [2.45, 2.75) is 11.4 Å². The number of sulfonamides is 1. The molecule has 0 bridgehead atoms. The molecule has 11 heteroatoms. The first-order valence-corrected chi connectivity index (χ1v) is 12.0. The molecule has 0 aliphatic carbocycles. The molecule has 2 aliphatic rings. The Hall–Kier alpha value is -3.02. The largest absolute Gasteiger partial charge is 0.493 e. The van der Waals surface area contributed by atoms with E-state index in [0.29, 0.717) is 37.7 Å². The molecule has 0 radical (unpaired) electrons. The van der Waals surface area contributed by atoms with Crippen molar-refractivity contribution in [2.75, 3.05) is 53.7 Å². The summed E-state index contributed by atoms with van der Waals surface area (Å²) in [7, 11) is -0.976. The van der Waals surface area contributed by atoms with Crippen LogP contribution in [0.1, 0.15) is 5.56 Å². The number of fused-ring (bicyclic) bond motifs is 1. The number of nitrogens with one attached hydrogen (secondary N) is 1. The molecule has 2 heterocycles. The van der Waals surface area contributed by atoms with Gasteiger partial charge in [0.2, 0.25) is 22.7 Å². The minimum Gasteiger partial charge on any atom is -0.493 e. The molecule has 1 fully saturated rings. The average molecular weight is 478 g/mol. The van der Waals surface area contributed by atoms with Gasteiger partial charge in [-0.3, -0.25) is 9.69 Å². The Labute approximate surface area is 193 Å². The Morgan fingerprint density at radius 1 is 0.970 bits per heavy atom. The first kappa shape index (κ1) is 23.1. The van der Waals surface area contributed by atoms with Crippen LogP contribution in [0, 0.1) is 0 Å². The third-order valence-corrected chi connectivity index (χ3v) is 7.05. The highest BCUT2D eigenvalue weighted by Gasteiger charge is 2.24. The van der Waals surface area contributed by atoms with Crippen molar-refractivity contribution in [3.05, 3.63) is 42.0 Å². The molecule has 2 aliphatic heterocycles. The molecular formula is C22H27N3O7S. The number of hydrogen-bond acceptors (Lipinski definition) is 8. The molecule has 0 aromatic heterocycles. The maximum atomic E-state index is 12.6. The summed E-state index contributed by atoms with van der Waals surface area (Å²) in [5.41, 5.74) is 1.11. The quantitative estimate of drug-likeness (QED) is 0.602. The van der Waals surface area contributed by atoms with E-state index in [1.165, 1.54) is 32.4 Å². The van der Waals surface area contributed by atoms with Gasteiger partial charge in [0.15, 0.2) is 23.0 Å². The van der Waals surface area contributed by atoms with Crippen LogP contribution in [0.4, 0.5) is 0 Å². The summed E-state index contributed by atoms with van der Waals surface area (Å²) < 4.78 is 48.7. The number of hydrogen-bond donors (Lipinski definition) is 1. The molecule has 1 amide bonds.